The molecule has 0 atom stereocenters. The minimum absolute atomic E-state index is 0.177. The molecule has 4 nitrogen and oxygen atoms in total. The molecule has 2 aromatic rings. The minimum atomic E-state index is -0.907. The molecular formula is C15H18N2O2. The third-order valence-corrected chi connectivity index (χ3v) is 2.73. The van der Waals surface area contributed by atoms with Gasteiger partial charge in [0.15, 0.2) is 0 Å². The number of aromatic nitrogens is 2. The van der Waals surface area contributed by atoms with E-state index >= 15 is 0 Å². The van der Waals surface area contributed by atoms with Gasteiger partial charge in [0, 0.05) is 18.3 Å². The van der Waals surface area contributed by atoms with Crippen molar-refractivity contribution in [3.8, 4) is 11.1 Å². The first-order valence-corrected chi connectivity index (χ1v) is 6.21. The Morgan fingerprint density at radius 3 is 2.37 bits per heavy atom. The number of hydrogen-bond donors (Lipinski definition) is 1. The van der Waals surface area contributed by atoms with Crippen LogP contribution in [0.25, 0.3) is 11.1 Å². The average Bonchev–Trinajstić information content (AvgIpc) is 2.75. The fourth-order valence-electron chi connectivity index (χ4n) is 1.89. The lowest BCUT2D eigenvalue weighted by molar-refractivity contribution is 0.0697. The average molecular weight is 258 g/mol. The van der Waals surface area contributed by atoms with Crippen LogP contribution in [0.5, 0.6) is 0 Å². The maximum atomic E-state index is 10.8. The van der Waals surface area contributed by atoms with E-state index in [1.165, 1.54) is 0 Å². The molecule has 0 aliphatic heterocycles. The lowest BCUT2D eigenvalue weighted by atomic mass is 9.97. The van der Waals surface area contributed by atoms with Crippen molar-refractivity contribution in [1.29, 1.82) is 0 Å². The highest BCUT2D eigenvalue weighted by Gasteiger charge is 2.12. The highest BCUT2D eigenvalue weighted by Crippen LogP contribution is 2.21. The second-order valence-electron chi connectivity index (χ2n) is 5.87. The summed E-state index contributed by atoms with van der Waals surface area (Å²) in [6.07, 6.45) is 3.79. The van der Waals surface area contributed by atoms with E-state index in [2.05, 4.69) is 25.9 Å². The Morgan fingerprint density at radius 1 is 1.21 bits per heavy atom. The van der Waals surface area contributed by atoms with Crippen molar-refractivity contribution in [3.63, 3.8) is 0 Å². The normalized spacial score (nSPS) is 11.5. The van der Waals surface area contributed by atoms with Gasteiger partial charge in [-0.1, -0.05) is 32.9 Å². The number of carboxylic acids is 1. The van der Waals surface area contributed by atoms with Gasteiger partial charge in [0.05, 0.1) is 11.8 Å². The molecule has 1 heterocycles. The molecule has 0 radical (unpaired) electrons. The molecule has 100 valence electrons. The molecule has 0 spiro atoms. The van der Waals surface area contributed by atoms with Gasteiger partial charge < -0.3 is 5.11 Å². The van der Waals surface area contributed by atoms with Crippen LogP contribution in [0.15, 0.2) is 36.7 Å². The largest absolute Gasteiger partial charge is 0.478 e. The Bertz CT molecular complexity index is 577. The van der Waals surface area contributed by atoms with Crippen molar-refractivity contribution < 1.29 is 9.90 Å². The van der Waals surface area contributed by atoms with Crippen LogP contribution in [0.4, 0.5) is 0 Å². The van der Waals surface area contributed by atoms with Crippen molar-refractivity contribution in [1.82, 2.24) is 9.78 Å². The first-order chi connectivity index (χ1) is 8.85. The Labute approximate surface area is 112 Å². The monoisotopic (exact) mass is 258 g/mol. The zero-order valence-corrected chi connectivity index (χ0v) is 11.4. The summed E-state index contributed by atoms with van der Waals surface area (Å²) in [5, 5.41) is 13.2. The van der Waals surface area contributed by atoms with Crippen molar-refractivity contribution in [2.24, 2.45) is 5.41 Å². The molecule has 1 aromatic carbocycles. The first-order valence-electron chi connectivity index (χ1n) is 6.21. The maximum absolute atomic E-state index is 10.8. The quantitative estimate of drug-likeness (QED) is 0.919. The van der Waals surface area contributed by atoms with Gasteiger partial charge in [-0.15, -0.1) is 0 Å². The van der Waals surface area contributed by atoms with Crippen LogP contribution >= 0.6 is 0 Å². The summed E-state index contributed by atoms with van der Waals surface area (Å²) in [7, 11) is 0. The Kier molecular flexibility index (Phi) is 3.42. The molecule has 1 aromatic heterocycles. The number of carbonyl (C=O) groups is 1. The molecule has 0 saturated heterocycles. The van der Waals surface area contributed by atoms with Crippen LogP contribution in [0.2, 0.25) is 0 Å². The van der Waals surface area contributed by atoms with E-state index < -0.39 is 5.97 Å². The van der Waals surface area contributed by atoms with E-state index in [9.17, 15) is 4.79 Å². The van der Waals surface area contributed by atoms with Crippen molar-refractivity contribution in [2.75, 3.05) is 0 Å². The molecule has 0 fully saturated rings. The Morgan fingerprint density at radius 2 is 1.84 bits per heavy atom. The third-order valence-electron chi connectivity index (χ3n) is 2.73. The predicted octanol–water partition coefficient (Wildman–Crippen LogP) is 3.29. The molecule has 0 aliphatic carbocycles. The summed E-state index contributed by atoms with van der Waals surface area (Å²) in [6.45, 7) is 7.34. The molecule has 0 unspecified atom stereocenters. The first kappa shape index (κ1) is 13.3. The topological polar surface area (TPSA) is 55.1 Å². The number of nitrogens with zero attached hydrogens (tertiary/aromatic N) is 2. The Hall–Kier alpha value is -2.10. The number of hydrogen-bond acceptors (Lipinski definition) is 2. The number of rotatable bonds is 3. The minimum Gasteiger partial charge on any atom is -0.478 e. The van der Waals surface area contributed by atoms with Crippen LogP contribution in [-0.2, 0) is 6.54 Å². The lowest BCUT2D eigenvalue weighted by Gasteiger charge is -2.17. The molecule has 19 heavy (non-hydrogen) atoms. The second kappa shape index (κ2) is 4.88. The van der Waals surface area contributed by atoms with E-state index in [1.807, 2.05) is 29.2 Å². The number of carboxylic acid groups (broad SMARTS) is 1. The van der Waals surface area contributed by atoms with Crippen LogP contribution in [0, 0.1) is 5.41 Å². The SMILES string of the molecule is CC(C)(C)Cn1cc(-c2ccc(C(=O)O)cc2)cn1. The van der Waals surface area contributed by atoms with E-state index in [0.29, 0.717) is 5.56 Å². The highest BCUT2D eigenvalue weighted by molar-refractivity contribution is 5.88. The summed E-state index contributed by atoms with van der Waals surface area (Å²) in [6, 6.07) is 6.83. The lowest BCUT2D eigenvalue weighted by Crippen LogP contribution is -2.15. The van der Waals surface area contributed by atoms with Crippen LogP contribution in [0.3, 0.4) is 0 Å². The van der Waals surface area contributed by atoms with Crippen molar-refractivity contribution in [2.45, 2.75) is 27.3 Å². The summed E-state index contributed by atoms with van der Waals surface area (Å²) in [4.78, 5) is 10.8. The Balaban J connectivity index is 2.20. The molecule has 1 N–H and O–H groups in total. The summed E-state index contributed by atoms with van der Waals surface area (Å²) >= 11 is 0. The fraction of sp³-hybridized carbons (Fsp3) is 0.333. The van der Waals surface area contributed by atoms with Gasteiger partial charge in [-0.25, -0.2) is 4.79 Å². The highest BCUT2D eigenvalue weighted by atomic mass is 16.4. The zero-order chi connectivity index (χ0) is 14.0. The van der Waals surface area contributed by atoms with Gasteiger partial charge in [0.2, 0.25) is 0 Å². The fourth-order valence-corrected chi connectivity index (χ4v) is 1.89. The van der Waals surface area contributed by atoms with E-state index in [1.54, 1.807) is 12.1 Å². The zero-order valence-electron chi connectivity index (χ0n) is 11.4. The molecule has 2 rings (SSSR count). The molecule has 0 saturated carbocycles. The predicted molar refractivity (Wildman–Crippen MR) is 74.1 cm³/mol. The van der Waals surface area contributed by atoms with E-state index in [4.69, 9.17) is 5.11 Å². The summed E-state index contributed by atoms with van der Waals surface area (Å²) < 4.78 is 1.92. The summed E-state index contributed by atoms with van der Waals surface area (Å²) in [5.74, 6) is -0.907. The second-order valence-corrected chi connectivity index (χ2v) is 5.87. The van der Waals surface area contributed by atoms with E-state index in [0.717, 1.165) is 17.7 Å². The molecule has 0 aliphatic rings. The maximum Gasteiger partial charge on any atom is 0.335 e. The van der Waals surface area contributed by atoms with Gasteiger partial charge >= 0.3 is 5.97 Å². The van der Waals surface area contributed by atoms with Gasteiger partial charge in [-0.05, 0) is 23.1 Å². The smallest absolute Gasteiger partial charge is 0.335 e. The number of aromatic carboxylic acids is 1. The van der Waals surface area contributed by atoms with Crippen LogP contribution < -0.4 is 0 Å². The van der Waals surface area contributed by atoms with Gasteiger partial charge in [-0.3, -0.25) is 4.68 Å². The molecule has 4 heteroatoms. The van der Waals surface area contributed by atoms with Crippen molar-refractivity contribution in [3.05, 3.63) is 42.2 Å². The van der Waals surface area contributed by atoms with Gasteiger partial charge in [0.25, 0.3) is 0 Å². The molecule has 0 bridgehead atoms. The van der Waals surface area contributed by atoms with Gasteiger partial charge in [-0.2, -0.15) is 5.10 Å². The summed E-state index contributed by atoms with van der Waals surface area (Å²) in [5.41, 5.74) is 2.45. The van der Waals surface area contributed by atoms with Crippen LogP contribution in [-0.4, -0.2) is 20.9 Å². The molecule has 0 amide bonds. The molecular weight excluding hydrogens is 240 g/mol. The van der Waals surface area contributed by atoms with Crippen molar-refractivity contribution >= 4 is 5.97 Å². The van der Waals surface area contributed by atoms with Gasteiger partial charge in [0.1, 0.15) is 0 Å². The standard InChI is InChI=1S/C15H18N2O2/c1-15(2,3)10-17-9-13(8-16-17)11-4-6-12(7-5-11)14(18)19/h4-9H,10H2,1-3H3,(H,18,19). The number of benzene rings is 1. The third kappa shape index (κ3) is 3.44. The van der Waals surface area contributed by atoms with E-state index in [-0.39, 0.29) is 5.41 Å². The van der Waals surface area contributed by atoms with Crippen LogP contribution in [0.1, 0.15) is 31.1 Å².